The van der Waals surface area contributed by atoms with Gasteiger partial charge in [-0.1, -0.05) is 42.5 Å². The molecule has 32 heavy (non-hydrogen) atoms. The predicted molar refractivity (Wildman–Crippen MR) is 124 cm³/mol. The van der Waals surface area contributed by atoms with Gasteiger partial charge in [-0.3, -0.25) is 9.59 Å². The van der Waals surface area contributed by atoms with E-state index in [1.165, 1.54) is 29.2 Å². The van der Waals surface area contributed by atoms with Gasteiger partial charge in [0, 0.05) is 33.4 Å². The lowest BCUT2D eigenvalue weighted by Gasteiger charge is -2.22. The number of rotatable bonds is 6. The second-order valence-corrected chi connectivity index (χ2v) is 7.93. The number of hydrogen-bond donors (Lipinski definition) is 0. The molecule has 0 spiro atoms. The fourth-order valence-electron chi connectivity index (χ4n) is 3.82. The van der Waals surface area contributed by atoms with Crippen LogP contribution in [0.5, 0.6) is 0 Å². The van der Waals surface area contributed by atoms with Crippen molar-refractivity contribution in [2.24, 2.45) is 0 Å². The standard InChI is InChI=1S/C26H24FN3O2/c1-28(2)21-13-15-22(16-14-21)30-25(31)23(19-9-11-20(27)12-10-19)24(26(30)32)29(3)17-18-7-5-4-6-8-18/h4-16H,17H2,1-3H3. The highest BCUT2D eigenvalue weighted by Crippen LogP contribution is 2.35. The first kappa shape index (κ1) is 21.3. The third-order valence-corrected chi connectivity index (χ3v) is 5.46. The molecule has 0 unspecified atom stereocenters. The lowest BCUT2D eigenvalue weighted by atomic mass is 10.0. The Morgan fingerprint density at radius 3 is 2.00 bits per heavy atom. The molecule has 1 heterocycles. The third-order valence-electron chi connectivity index (χ3n) is 5.46. The highest BCUT2D eigenvalue weighted by Gasteiger charge is 2.41. The lowest BCUT2D eigenvalue weighted by Crippen LogP contribution is -2.34. The van der Waals surface area contributed by atoms with Crippen LogP contribution in [0, 0.1) is 5.82 Å². The summed E-state index contributed by atoms with van der Waals surface area (Å²) in [6.07, 6.45) is 0. The Kier molecular flexibility index (Phi) is 5.77. The number of carbonyl (C=O) groups excluding carboxylic acids is 2. The average Bonchev–Trinajstić information content (AvgIpc) is 3.05. The largest absolute Gasteiger partial charge is 0.378 e. The van der Waals surface area contributed by atoms with Gasteiger partial charge in [-0.2, -0.15) is 0 Å². The molecule has 162 valence electrons. The quantitative estimate of drug-likeness (QED) is 0.548. The number of imide groups is 1. The fraction of sp³-hybridized carbons (Fsp3) is 0.154. The molecular weight excluding hydrogens is 405 g/mol. The van der Waals surface area contributed by atoms with Crippen molar-refractivity contribution in [3.63, 3.8) is 0 Å². The van der Waals surface area contributed by atoms with E-state index < -0.39 is 17.6 Å². The first-order valence-corrected chi connectivity index (χ1v) is 10.3. The summed E-state index contributed by atoms with van der Waals surface area (Å²) in [6, 6.07) is 22.6. The zero-order valence-corrected chi connectivity index (χ0v) is 18.2. The van der Waals surface area contributed by atoms with Crippen LogP contribution in [0.1, 0.15) is 11.1 Å². The second-order valence-electron chi connectivity index (χ2n) is 7.93. The van der Waals surface area contributed by atoms with E-state index in [0.29, 0.717) is 23.5 Å². The SMILES string of the molecule is CN(Cc1ccccc1)C1=C(c2ccc(F)cc2)C(=O)N(c2ccc(N(C)C)cc2)C1=O. The first-order valence-electron chi connectivity index (χ1n) is 10.3. The molecule has 0 aromatic heterocycles. The molecular formula is C26H24FN3O2. The smallest absolute Gasteiger partial charge is 0.282 e. The van der Waals surface area contributed by atoms with Gasteiger partial charge in [-0.05, 0) is 47.5 Å². The Labute approximate surface area is 187 Å². The maximum atomic E-state index is 13.5. The predicted octanol–water partition coefficient (Wildman–Crippen LogP) is 4.31. The number of nitrogens with zero attached hydrogens (tertiary/aromatic N) is 3. The third kappa shape index (κ3) is 3.99. The Hall–Kier alpha value is -3.93. The molecule has 0 aliphatic carbocycles. The molecule has 0 bridgehead atoms. The number of amides is 2. The number of benzene rings is 3. The summed E-state index contributed by atoms with van der Waals surface area (Å²) in [7, 11) is 5.63. The zero-order chi connectivity index (χ0) is 22.8. The Bertz CT molecular complexity index is 1170. The molecule has 1 aliphatic heterocycles. The van der Waals surface area contributed by atoms with E-state index in [4.69, 9.17) is 0 Å². The average molecular weight is 429 g/mol. The van der Waals surface area contributed by atoms with Crippen molar-refractivity contribution >= 4 is 28.8 Å². The van der Waals surface area contributed by atoms with Crippen molar-refractivity contribution in [2.45, 2.75) is 6.54 Å². The number of likely N-dealkylation sites (N-methyl/N-ethyl adjacent to an activating group) is 1. The Morgan fingerprint density at radius 2 is 1.41 bits per heavy atom. The van der Waals surface area contributed by atoms with E-state index >= 15 is 0 Å². The minimum Gasteiger partial charge on any atom is -0.378 e. The summed E-state index contributed by atoms with van der Waals surface area (Å²) in [4.78, 5) is 32.0. The highest BCUT2D eigenvalue weighted by molar-refractivity contribution is 6.45. The summed E-state index contributed by atoms with van der Waals surface area (Å²) in [5.41, 5.74) is 3.53. The van der Waals surface area contributed by atoms with Crippen molar-refractivity contribution < 1.29 is 14.0 Å². The number of carbonyl (C=O) groups is 2. The molecule has 4 rings (SSSR count). The molecule has 3 aromatic rings. The molecule has 0 saturated heterocycles. The Balaban J connectivity index is 1.76. The van der Waals surface area contributed by atoms with E-state index in [2.05, 4.69) is 0 Å². The molecule has 6 heteroatoms. The number of halogens is 1. The zero-order valence-electron chi connectivity index (χ0n) is 18.2. The lowest BCUT2D eigenvalue weighted by molar-refractivity contribution is -0.120. The number of hydrogen-bond acceptors (Lipinski definition) is 4. The van der Waals surface area contributed by atoms with Gasteiger partial charge in [0.1, 0.15) is 11.5 Å². The molecule has 0 saturated carbocycles. The van der Waals surface area contributed by atoms with Crippen molar-refractivity contribution in [1.82, 2.24) is 4.90 Å². The van der Waals surface area contributed by atoms with E-state index in [1.807, 2.05) is 61.5 Å². The summed E-state index contributed by atoms with van der Waals surface area (Å²) < 4.78 is 13.5. The Morgan fingerprint density at radius 1 is 0.781 bits per heavy atom. The normalized spacial score (nSPS) is 13.7. The summed E-state index contributed by atoms with van der Waals surface area (Å²) in [6.45, 7) is 0.452. The van der Waals surface area contributed by atoms with Gasteiger partial charge in [0.15, 0.2) is 0 Å². The molecule has 1 aliphatic rings. The fourth-order valence-corrected chi connectivity index (χ4v) is 3.82. The summed E-state index contributed by atoms with van der Waals surface area (Å²) >= 11 is 0. The van der Waals surface area contributed by atoms with Crippen LogP contribution in [0.15, 0.2) is 84.6 Å². The number of anilines is 2. The van der Waals surface area contributed by atoms with Gasteiger partial charge in [-0.15, -0.1) is 0 Å². The van der Waals surface area contributed by atoms with Crippen LogP contribution in [-0.2, 0) is 16.1 Å². The molecule has 0 fully saturated rings. The van der Waals surface area contributed by atoms with Crippen LogP contribution < -0.4 is 9.80 Å². The summed E-state index contributed by atoms with van der Waals surface area (Å²) in [5, 5.41) is 0. The van der Waals surface area contributed by atoms with Crippen LogP contribution in [0.2, 0.25) is 0 Å². The van der Waals surface area contributed by atoms with E-state index in [1.54, 1.807) is 24.1 Å². The molecule has 2 amide bonds. The van der Waals surface area contributed by atoms with E-state index in [-0.39, 0.29) is 5.57 Å². The van der Waals surface area contributed by atoms with Crippen molar-refractivity contribution in [3.8, 4) is 0 Å². The van der Waals surface area contributed by atoms with Crippen molar-refractivity contribution in [3.05, 3.63) is 102 Å². The first-order chi connectivity index (χ1) is 15.4. The molecule has 0 radical (unpaired) electrons. The van der Waals surface area contributed by atoms with E-state index in [9.17, 15) is 14.0 Å². The van der Waals surface area contributed by atoms with Crippen LogP contribution in [0.3, 0.4) is 0 Å². The highest BCUT2D eigenvalue weighted by atomic mass is 19.1. The molecule has 5 nitrogen and oxygen atoms in total. The van der Waals surface area contributed by atoms with Crippen molar-refractivity contribution in [1.29, 1.82) is 0 Å². The minimum absolute atomic E-state index is 0.269. The minimum atomic E-state index is -0.422. The van der Waals surface area contributed by atoms with Gasteiger partial charge < -0.3 is 9.80 Å². The van der Waals surface area contributed by atoms with Crippen LogP contribution in [0.25, 0.3) is 5.57 Å². The van der Waals surface area contributed by atoms with Crippen LogP contribution in [0.4, 0.5) is 15.8 Å². The van der Waals surface area contributed by atoms with Gasteiger partial charge in [0.2, 0.25) is 0 Å². The van der Waals surface area contributed by atoms with Gasteiger partial charge in [0.05, 0.1) is 11.3 Å². The van der Waals surface area contributed by atoms with Crippen molar-refractivity contribution in [2.75, 3.05) is 30.9 Å². The molecule has 0 N–H and O–H groups in total. The monoisotopic (exact) mass is 429 g/mol. The van der Waals surface area contributed by atoms with Crippen LogP contribution in [-0.4, -0.2) is 37.9 Å². The molecule has 3 aromatic carbocycles. The van der Waals surface area contributed by atoms with E-state index in [0.717, 1.165) is 11.3 Å². The second kappa shape index (κ2) is 8.67. The maximum absolute atomic E-state index is 13.5. The van der Waals surface area contributed by atoms with Gasteiger partial charge >= 0.3 is 0 Å². The van der Waals surface area contributed by atoms with Gasteiger partial charge in [-0.25, -0.2) is 9.29 Å². The van der Waals surface area contributed by atoms with Crippen LogP contribution >= 0.6 is 0 Å². The van der Waals surface area contributed by atoms with Gasteiger partial charge in [0.25, 0.3) is 11.8 Å². The topological polar surface area (TPSA) is 43.9 Å². The maximum Gasteiger partial charge on any atom is 0.282 e. The summed E-state index contributed by atoms with van der Waals surface area (Å²) in [5.74, 6) is -1.22. The molecule has 0 atom stereocenters.